The second kappa shape index (κ2) is 6.81. The molecular formula is C16H14ClNO3. The third-order valence-electron chi connectivity index (χ3n) is 2.76. The fourth-order valence-electron chi connectivity index (χ4n) is 1.71. The van der Waals surface area contributed by atoms with Gasteiger partial charge in [0.2, 0.25) is 0 Å². The molecule has 0 aliphatic heterocycles. The van der Waals surface area contributed by atoms with Crippen LogP contribution in [-0.4, -0.2) is 11.1 Å². The monoisotopic (exact) mass is 303 g/mol. The maximum atomic E-state index is 10.5. The summed E-state index contributed by atoms with van der Waals surface area (Å²) in [6.45, 7) is 0.381. The third-order valence-corrected chi connectivity index (χ3v) is 3.01. The molecule has 0 amide bonds. The Balaban J connectivity index is 2.04. The van der Waals surface area contributed by atoms with Crippen molar-refractivity contribution in [2.24, 2.45) is 0 Å². The van der Waals surface area contributed by atoms with E-state index in [0.29, 0.717) is 28.6 Å². The molecule has 0 radical (unpaired) electrons. The van der Waals surface area contributed by atoms with E-state index in [1.807, 2.05) is 12.1 Å². The van der Waals surface area contributed by atoms with Crippen LogP contribution in [0.15, 0.2) is 48.5 Å². The SMILES string of the molecule is Nc1cc(/C=C\C(=O)O)ccc1OCc1ccc(Cl)cc1. The Kier molecular flexibility index (Phi) is 4.85. The molecule has 4 nitrogen and oxygen atoms in total. The number of nitrogen functional groups attached to an aromatic ring is 1. The summed E-state index contributed by atoms with van der Waals surface area (Å²) in [5.74, 6) is -0.450. The summed E-state index contributed by atoms with van der Waals surface area (Å²) in [5.41, 5.74) is 8.03. The number of nitrogens with two attached hydrogens (primary N) is 1. The van der Waals surface area contributed by atoms with Crippen molar-refractivity contribution in [1.29, 1.82) is 0 Å². The Bertz CT molecular complexity index is 666. The van der Waals surface area contributed by atoms with E-state index in [-0.39, 0.29) is 0 Å². The van der Waals surface area contributed by atoms with Crippen LogP contribution in [-0.2, 0) is 11.4 Å². The molecule has 0 spiro atoms. The predicted octanol–water partition coefficient (Wildman–Crippen LogP) is 3.60. The lowest BCUT2D eigenvalue weighted by Gasteiger charge is -2.09. The van der Waals surface area contributed by atoms with Crippen molar-refractivity contribution >= 4 is 29.3 Å². The zero-order valence-electron chi connectivity index (χ0n) is 11.1. The van der Waals surface area contributed by atoms with E-state index >= 15 is 0 Å². The molecule has 0 aliphatic rings. The second-order valence-corrected chi connectivity index (χ2v) is 4.82. The second-order valence-electron chi connectivity index (χ2n) is 4.38. The summed E-state index contributed by atoms with van der Waals surface area (Å²) < 4.78 is 5.63. The zero-order valence-corrected chi connectivity index (χ0v) is 11.9. The van der Waals surface area contributed by atoms with Crippen molar-refractivity contribution in [1.82, 2.24) is 0 Å². The molecule has 2 rings (SSSR count). The molecular weight excluding hydrogens is 290 g/mol. The molecule has 0 aromatic heterocycles. The number of hydrogen-bond donors (Lipinski definition) is 2. The molecule has 3 N–H and O–H groups in total. The predicted molar refractivity (Wildman–Crippen MR) is 83.3 cm³/mol. The highest BCUT2D eigenvalue weighted by Crippen LogP contribution is 2.24. The molecule has 5 heteroatoms. The van der Waals surface area contributed by atoms with Crippen LogP contribution < -0.4 is 10.5 Å². The van der Waals surface area contributed by atoms with Gasteiger partial charge >= 0.3 is 5.97 Å². The van der Waals surface area contributed by atoms with Crippen LogP contribution in [0.1, 0.15) is 11.1 Å². The van der Waals surface area contributed by atoms with E-state index in [1.54, 1.807) is 30.3 Å². The lowest BCUT2D eigenvalue weighted by atomic mass is 10.1. The molecule has 0 bridgehead atoms. The van der Waals surface area contributed by atoms with Gasteiger partial charge in [0.1, 0.15) is 12.4 Å². The first-order chi connectivity index (χ1) is 10.0. The number of carbonyl (C=O) groups is 1. The minimum Gasteiger partial charge on any atom is -0.487 e. The summed E-state index contributed by atoms with van der Waals surface area (Å²) in [6, 6.07) is 12.5. The van der Waals surface area contributed by atoms with Crippen LogP contribution in [0.25, 0.3) is 6.08 Å². The van der Waals surface area contributed by atoms with Gasteiger partial charge in [-0.15, -0.1) is 0 Å². The number of aliphatic carboxylic acids is 1. The van der Waals surface area contributed by atoms with Gasteiger partial charge in [-0.2, -0.15) is 0 Å². The number of halogens is 1. The molecule has 0 aliphatic carbocycles. The number of ether oxygens (including phenoxy) is 1. The van der Waals surface area contributed by atoms with E-state index in [1.165, 1.54) is 6.08 Å². The van der Waals surface area contributed by atoms with Crippen molar-refractivity contribution in [3.8, 4) is 5.75 Å². The summed E-state index contributed by atoms with van der Waals surface area (Å²) in [7, 11) is 0. The molecule has 2 aromatic rings. The first kappa shape index (κ1) is 14.9. The Morgan fingerprint density at radius 2 is 1.95 bits per heavy atom. The van der Waals surface area contributed by atoms with Gasteiger partial charge < -0.3 is 15.6 Å². The standard InChI is InChI=1S/C16H14ClNO3/c17-13-5-1-12(2-6-13)10-21-15-7-3-11(9-14(15)18)4-8-16(19)20/h1-9H,10,18H2,(H,19,20)/b8-4-. The molecule has 21 heavy (non-hydrogen) atoms. The van der Waals surface area contributed by atoms with E-state index in [0.717, 1.165) is 11.6 Å². The van der Waals surface area contributed by atoms with Gasteiger partial charge in [0.15, 0.2) is 0 Å². The lowest BCUT2D eigenvalue weighted by Crippen LogP contribution is -1.99. The Hall–Kier alpha value is -2.46. The van der Waals surface area contributed by atoms with E-state index in [9.17, 15) is 4.79 Å². The van der Waals surface area contributed by atoms with Crippen molar-refractivity contribution in [3.05, 3.63) is 64.7 Å². The molecule has 0 heterocycles. The summed E-state index contributed by atoms with van der Waals surface area (Å²) in [6.07, 6.45) is 2.53. The van der Waals surface area contributed by atoms with Crippen LogP contribution >= 0.6 is 11.6 Å². The normalized spacial score (nSPS) is 10.7. The summed E-state index contributed by atoms with van der Waals surface area (Å²) in [5, 5.41) is 9.25. The van der Waals surface area contributed by atoms with Crippen molar-refractivity contribution in [3.63, 3.8) is 0 Å². The third kappa shape index (κ3) is 4.54. The number of carboxylic acids is 1. The zero-order chi connectivity index (χ0) is 15.2. The van der Waals surface area contributed by atoms with E-state index < -0.39 is 5.97 Å². The van der Waals surface area contributed by atoms with E-state index in [4.69, 9.17) is 27.2 Å². The minimum atomic E-state index is -1.00. The van der Waals surface area contributed by atoms with Gasteiger partial charge in [-0.1, -0.05) is 29.8 Å². The fraction of sp³-hybridized carbons (Fsp3) is 0.0625. The number of carboxylic acid groups (broad SMARTS) is 1. The van der Waals surface area contributed by atoms with Crippen molar-refractivity contribution in [2.75, 3.05) is 5.73 Å². The average molecular weight is 304 g/mol. The van der Waals surface area contributed by atoms with Crippen LogP contribution in [0.5, 0.6) is 5.75 Å². The van der Waals surface area contributed by atoms with Gasteiger partial charge in [-0.3, -0.25) is 0 Å². The smallest absolute Gasteiger partial charge is 0.328 e. The van der Waals surface area contributed by atoms with Crippen LogP contribution in [0, 0.1) is 0 Å². The number of benzene rings is 2. The van der Waals surface area contributed by atoms with Crippen molar-refractivity contribution < 1.29 is 14.6 Å². The number of rotatable bonds is 5. The van der Waals surface area contributed by atoms with Gasteiger partial charge in [0.25, 0.3) is 0 Å². The minimum absolute atomic E-state index is 0.381. The average Bonchev–Trinajstić information content (AvgIpc) is 2.46. The highest BCUT2D eigenvalue weighted by atomic mass is 35.5. The molecule has 0 unspecified atom stereocenters. The number of anilines is 1. The molecule has 0 saturated carbocycles. The summed E-state index contributed by atoms with van der Waals surface area (Å²) >= 11 is 5.81. The highest BCUT2D eigenvalue weighted by Gasteiger charge is 2.02. The number of hydrogen-bond acceptors (Lipinski definition) is 3. The summed E-state index contributed by atoms with van der Waals surface area (Å²) in [4.78, 5) is 10.5. The molecule has 0 saturated heterocycles. The van der Waals surface area contributed by atoms with Gasteiger partial charge in [0.05, 0.1) is 5.69 Å². The molecule has 0 fully saturated rings. The first-order valence-corrected chi connectivity index (χ1v) is 6.60. The fourth-order valence-corrected chi connectivity index (χ4v) is 1.84. The van der Waals surface area contributed by atoms with E-state index in [2.05, 4.69) is 0 Å². The first-order valence-electron chi connectivity index (χ1n) is 6.22. The van der Waals surface area contributed by atoms with Gasteiger partial charge in [0, 0.05) is 11.1 Å². The topological polar surface area (TPSA) is 72.6 Å². The molecule has 108 valence electrons. The Labute approximate surface area is 127 Å². The van der Waals surface area contributed by atoms with Crippen LogP contribution in [0.3, 0.4) is 0 Å². The van der Waals surface area contributed by atoms with Crippen LogP contribution in [0.4, 0.5) is 5.69 Å². The quantitative estimate of drug-likeness (QED) is 0.654. The maximum absolute atomic E-state index is 10.5. The molecule has 2 aromatic carbocycles. The lowest BCUT2D eigenvalue weighted by molar-refractivity contribution is -0.131. The molecule has 0 atom stereocenters. The van der Waals surface area contributed by atoms with Crippen molar-refractivity contribution in [2.45, 2.75) is 6.61 Å². The maximum Gasteiger partial charge on any atom is 0.328 e. The largest absolute Gasteiger partial charge is 0.487 e. The van der Waals surface area contributed by atoms with Crippen LogP contribution in [0.2, 0.25) is 5.02 Å². The highest BCUT2D eigenvalue weighted by molar-refractivity contribution is 6.30. The van der Waals surface area contributed by atoms with Gasteiger partial charge in [-0.25, -0.2) is 4.79 Å². The Morgan fingerprint density at radius 3 is 2.57 bits per heavy atom. The Morgan fingerprint density at radius 1 is 1.24 bits per heavy atom. The van der Waals surface area contributed by atoms with Gasteiger partial charge in [-0.05, 0) is 41.5 Å².